The predicted octanol–water partition coefficient (Wildman–Crippen LogP) is 2.81. The summed E-state index contributed by atoms with van der Waals surface area (Å²) in [6.07, 6.45) is 1.57. The van der Waals surface area contributed by atoms with Crippen LogP contribution in [0.25, 0.3) is 0 Å². The maximum atomic E-state index is 10.4. The number of nitro benzene ring substituents is 1. The molecule has 0 heterocycles. The molecule has 14 heavy (non-hydrogen) atoms. The zero-order valence-corrected chi connectivity index (χ0v) is 8.03. The van der Waals surface area contributed by atoms with Crippen molar-refractivity contribution >= 4 is 17.3 Å². The van der Waals surface area contributed by atoms with Crippen molar-refractivity contribution in [3.8, 4) is 5.75 Å². The summed E-state index contributed by atoms with van der Waals surface area (Å²) >= 11 is 5.75. The molecule has 0 radical (unpaired) electrons. The second-order valence-electron chi connectivity index (χ2n) is 2.47. The lowest BCUT2D eigenvalue weighted by atomic mass is 10.3. The molecule has 0 spiro atoms. The van der Waals surface area contributed by atoms with Gasteiger partial charge in [-0.25, -0.2) is 0 Å². The summed E-state index contributed by atoms with van der Waals surface area (Å²) in [4.78, 5) is 9.86. The van der Waals surface area contributed by atoms with Gasteiger partial charge in [-0.15, -0.1) is 0 Å². The number of nitro groups is 1. The van der Waals surface area contributed by atoms with E-state index in [1.54, 1.807) is 6.08 Å². The molecule has 0 saturated heterocycles. The highest BCUT2D eigenvalue weighted by molar-refractivity contribution is 6.32. The summed E-state index contributed by atoms with van der Waals surface area (Å²) in [7, 11) is 0. The molecule has 0 saturated carbocycles. The van der Waals surface area contributed by atoms with Crippen LogP contribution >= 0.6 is 11.6 Å². The van der Waals surface area contributed by atoms with Crippen molar-refractivity contribution in [1.82, 2.24) is 0 Å². The van der Waals surface area contributed by atoms with Gasteiger partial charge >= 0.3 is 0 Å². The quantitative estimate of drug-likeness (QED) is 0.439. The number of hydrogen-bond donors (Lipinski definition) is 0. The van der Waals surface area contributed by atoms with E-state index in [9.17, 15) is 10.1 Å². The van der Waals surface area contributed by atoms with Crippen molar-refractivity contribution in [2.45, 2.75) is 0 Å². The van der Waals surface area contributed by atoms with Gasteiger partial charge in [0.05, 0.1) is 9.95 Å². The molecule has 0 aliphatic carbocycles. The minimum Gasteiger partial charge on any atom is -0.488 e. The molecule has 74 valence electrons. The molecule has 0 unspecified atom stereocenters. The number of hydrogen-bond acceptors (Lipinski definition) is 3. The molecule has 0 fully saturated rings. The van der Waals surface area contributed by atoms with E-state index in [1.165, 1.54) is 18.2 Å². The fraction of sp³-hybridized carbons (Fsp3) is 0.111. The summed E-state index contributed by atoms with van der Waals surface area (Å²) < 4.78 is 5.15. The van der Waals surface area contributed by atoms with Gasteiger partial charge in [0.25, 0.3) is 5.69 Å². The monoisotopic (exact) mass is 213 g/mol. The standard InChI is InChI=1S/C9H8ClNO3/c1-2-5-14-9-4-3-7(11(12)13)6-8(9)10/h2-4,6H,1,5H2. The summed E-state index contributed by atoms with van der Waals surface area (Å²) in [5.74, 6) is 0.414. The second kappa shape index (κ2) is 4.62. The van der Waals surface area contributed by atoms with Crippen LogP contribution in [-0.2, 0) is 0 Å². The van der Waals surface area contributed by atoms with Crippen molar-refractivity contribution in [2.24, 2.45) is 0 Å². The molecule has 0 amide bonds. The average molecular weight is 214 g/mol. The van der Waals surface area contributed by atoms with Crippen LogP contribution in [0.1, 0.15) is 0 Å². The van der Waals surface area contributed by atoms with Crippen molar-refractivity contribution in [2.75, 3.05) is 6.61 Å². The van der Waals surface area contributed by atoms with Crippen molar-refractivity contribution < 1.29 is 9.66 Å². The van der Waals surface area contributed by atoms with Crippen molar-refractivity contribution in [3.63, 3.8) is 0 Å². The van der Waals surface area contributed by atoms with Crippen LogP contribution in [0, 0.1) is 10.1 Å². The smallest absolute Gasteiger partial charge is 0.271 e. The van der Waals surface area contributed by atoms with Gasteiger partial charge < -0.3 is 4.74 Å². The normalized spacial score (nSPS) is 9.50. The Hall–Kier alpha value is -1.55. The van der Waals surface area contributed by atoms with Gasteiger partial charge in [-0.2, -0.15) is 0 Å². The number of benzene rings is 1. The Morgan fingerprint density at radius 1 is 1.64 bits per heavy atom. The molecule has 0 N–H and O–H groups in total. The SMILES string of the molecule is C=CCOc1ccc([N+](=O)[O-])cc1Cl. The molecule has 0 aliphatic heterocycles. The number of nitrogens with zero attached hydrogens (tertiary/aromatic N) is 1. The van der Waals surface area contributed by atoms with Gasteiger partial charge in [0.1, 0.15) is 12.4 Å². The number of rotatable bonds is 4. The highest BCUT2D eigenvalue weighted by atomic mass is 35.5. The lowest BCUT2D eigenvalue weighted by molar-refractivity contribution is -0.384. The van der Waals surface area contributed by atoms with Crippen LogP contribution in [0.15, 0.2) is 30.9 Å². The van der Waals surface area contributed by atoms with Crippen LogP contribution < -0.4 is 4.74 Å². The molecule has 1 aromatic carbocycles. The molecule has 4 nitrogen and oxygen atoms in total. The topological polar surface area (TPSA) is 52.4 Å². The fourth-order valence-electron chi connectivity index (χ4n) is 0.869. The van der Waals surface area contributed by atoms with Crippen molar-refractivity contribution in [1.29, 1.82) is 0 Å². The Balaban J connectivity index is 2.89. The lowest BCUT2D eigenvalue weighted by Gasteiger charge is -2.04. The lowest BCUT2D eigenvalue weighted by Crippen LogP contribution is -1.94. The van der Waals surface area contributed by atoms with Gasteiger partial charge in [0, 0.05) is 12.1 Å². The summed E-state index contributed by atoms with van der Waals surface area (Å²) in [6.45, 7) is 3.79. The molecule has 0 aliphatic rings. The van der Waals surface area contributed by atoms with Crippen LogP contribution in [0.2, 0.25) is 5.02 Å². The van der Waals surface area contributed by atoms with E-state index < -0.39 is 4.92 Å². The molecular formula is C9H8ClNO3. The van der Waals surface area contributed by atoms with Crippen LogP contribution in [0.4, 0.5) is 5.69 Å². The highest BCUT2D eigenvalue weighted by Gasteiger charge is 2.09. The number of ether oxygens (including phenoxy) is 1. The first-order valence-corrected chi connectivity index (χ1v) is 4.20. The summed E-state index contributed by atoms with van der Waals surface area (Å²) in [5.41, 5.74) is -0.0547. The molecule has 1 aromatic rings. The molecule has 0 aromatic heterocycles. The Labute approximate surface area is 85.9 Å². The molecule has 0 atom stereocenters. The van der Waals surface area contributed by atoms with E-state index in [-0.39, 0.29) is 10.7 Å². The van der Waals surface area contributed by atoms with Gasteiger partial charge in [0.15, 0.2) is 0 Å². The highest BCUT2D eigenvalue weighted by Crippen LogP contribution is 2.28. The third-order valence-electron chi connectivity index (χ3n) is 1.48. The third kappa shape index (κ3) is 2.47. The zero-order chi connectivity index (χ0) is 10.6. The van der Waals surface area contributed by atoms with E-state index in [0.29, 0.717) is 12.4 Å². The van der Waals surface area contributed by atoms with Crippen LogP contribution in [0.5, 0.6) is 5.75 Å². The van der Waals surface area contributed by atoms with E-state index in [2.05, 4.69) is 6.58 Å². The van der Waals surface area contributed by atoms with Gasteiger partial charge in [-0.1, -0.05) is 24.3 Å². The van der Waals surface area contributed by atoms with Gasteiger partial charge in [0.2, 0.25) is 0 Å². The summed E-state index contributed by atoms with van der Waals surface area (Å²) in [5, 5.41) is 10.6. The number of non-ortho nitro benzene ring substituents is 1. The van der Waals surface area contributed by atoms with Gasteiger partial charge in [-0.05, 0) is 6.07 Å². The van der Waals surface area contributed by atoms with Crippen LogP contribution in [-0.4, -0.2) is 11.5 Å². The van der Waals surface area contributed by atoms with Crippen LogP contribution in [0.3, 0.4) is 0 Å². The maximum absolute atomic E-state index is 10.4. The van der Waals surface area contributed by atoms with E-state index in [4.69, 9.17) is 16.3 Å². The Bertz CT molecular complexity index is 365. The minimum absolute atomic E-state index is 0.0547. The molecular weight excluding hydrogens is 206 g/mol. The average Bonchev–Trinajstić information content (AvgIpc) is 2.15. The minimum atomic E-state index is -0.511. The largest absolute Gasteiger partial charge is 0.488 e. The molecule has 1 rings (SSSR count). The third-order valence-corrected chi connectivity index (χ3v) is 1.78. The Kier molecular flexibility index (Phi) is 3.48. The second-order valence-corrected chi connectivity index (χ2v) is 2.88. The van der Waals surface area contributed by atoms with E-state index in [1.807, 2.05) is 0 Å². The van der Waals surface area contributed by atoms with Crippen molar-refractivity contribution in [3.05, 3.63) is 46.0 Å². The number of halogens is 1. The fourth-order valence-corrected chi connectivity index (χ4v) is 1.10. The Morgan fingerprint density at radius 3 is 2.86 bits per heavy atom. The first-order valence-electron chi connectivity index (χ1n) is 3.83. The first-order chi connectivity index (χ1) is 6.65. The molecule has 0 bridgehead atoms. The van der Waals surface area contributed by atoms with Gasteiger partial charge in [-0.3, -0.25) is 10.1 Å². The predicted molar refractivity (Wildman–Crippen MR) is 53.8 cm³/mol. The first kappa shape index (κ1) is 10.5. The van der Waals surface area contributed by atoms with E-state index >= 15 is 0 Å². The Morgan fingerprint density at radius 2 is 2.36 bits per heavy atom. The molecule has 5 heteroatoms. The van der Waals surface area contributed by atoms with E-state index in [0.717, 1.165) is 0 Å². The zero-order valence-electron chi connectivity index (χ0n) is 7.27. The maximum Gasteiger partial charge on any atom is 0.271 e. The summed E-state index contributed by atoms with van der Waals surface area (Å²) in [6, 6.07) is 4.05.